The third-order valence-electron chi connectivity index (χ3n) is 4.08. The minimum absolute atomic E-state index is 0.125. The SMILES string of the molecule is Cc1cccc(-c2cccc3sc(CC(=N)OC(=N)CC(=O)OC(C)(C)C)nc23)c1. The number of thiazole rings is 1. The average Bonchev–Trinajstić information content (AvgIpc) is 3.01. The Morgan fingerprint density at radius 1 is 1.10 bits per heavy atom. The standard InChI is InChI=1S/C23H25N3O3S/c1-14-7-5-8-15(11-14)16-9-6-10-17-22(16)26-20(30-17)12-18(24)28-19(25)13-21(27)29-23(2,3)4/h5-11,24-25H,12-13H2,1-4H3. The van der Waals surface area contributed by atoms with Crippen LogP contribution in [0.5, 0.6) is 0 Å². The maximum Gasteiger partial charge on any atom is 0.315 e. The highest BCUT2D eigenvalue weighted by Crippen LogP contribution is 2.32. The van der Waals surface area contributed by atoms with E-state index in [1.165, 1.54) is 16.9 Å². The number of ether oxygens (including phenoxy) is 2. The van der Waals surface area contributed by atoms with E-state index in [1.54, 1.807) is 20.8 Å². The number of benzene rings is 2. The zero-order valence-corrected chi connectivity index (χ0v) is 18.4. The van der Waals surface area contributed by atoms with Crippen molar-refractivity contribution < 1.29 is 14.3 Å². The number of esters is 1. The fourth-order valence-corrected chi connectivity index (χ4v) is 3.98. The Balaban J connectivity index is 1.69. The minimum Gasteiger partial charge on any atom is -0.460 e. The smallest absolute Gasteiger partial charge is 0.315 e. The van der Waals surface area contributed by atoms with Crippen LogP contribution in [0.25, 0.3) is 21.3 Å². The summed E-state index contributed by atoms with van der Waals surface area (Å²) in [4.78, 5) is 16.5. The van der Waals surface area contributed by atoms with E-state index in [-0.39, 0.29) is 24.6 Å². The van der Waals surface area contributed by atoms with E-state index in [4.69, 9.17) is 25.3 Å². The lowest BCUT2D eigenvalue weighted by molar-refractivity contribution is -0.153. The summed E-state index contributed by atoms with van der Waals surface area (Å²) in [7, 11) is 0. The highest BCUT2D eigenvalue weighted by Gasteiger charge is 2.19. The van der Waals surface area contributed by atoms with Gasteiger partial charge in [0, 0.05) is 5.56 Å². The van der Waals surface area contributed by atoms with Crippen LogP contribution in [-0.2, 0) is 20.7 Å². The molecule has 1 heterocycles. The lowest BCUT2D eigenvalue weighted by atomic mass is 10.0. The average molecular weight is 424 g/mol. The number of aromatic nitrogens is 1. The van der Waals surface area contributed by atoms with Crippen molar-refractivity contribution in [1.82, 2.24) is 4.98 Å². The van der Waals surface area contributed by atoms with Crippen LogP contribution in [0.1, 0.15) is 37.8 Å². The number of carbonyl (C=O) groups is 1. The van der Waals surface area contributed by atoms with Gasteiger partial charge in [-0.05, 0) is 39.3 Å². The quantitative estimate of drug-likeness (QED) is 0.321. The van der Waals surface area contributed by atoms with Crippen molar-refractivity contribution in [3.63, 3.8) is 0 Å². The van der Waals surface area contributed by atoms with Crippen molar-refractivity contribution in [1.29, 1.82) is 10.8 Å². The summed E-state index contributed by atoms with van der Waals surface area (Å²) in [6.07, 6.45) is -0.152. The molecule has 0 atom stereocenters. The molecule has 0 aliphatic heterocycles. The molecule has 6 nitrogen and oxygen atoms in total. The summed E-state index contributed by atoms with van der Waals surface area (Å²) in [6, 6.07) is 14.3. The number of nitrogens with one attached hydrogen (secondary N) is 2. The number of hydrogen-bond acceptors (Lipinski definition) is 7. The molecular formula is C23H25N3O3S. The molecule has 7 heteroatoms. The molecular weight excluding hydrogens is 398 g/mol. The molecule has 0 fully saturated rings. The van der Waals surface area contributed by atoms with Gasteiger partial charge in [-0.2, -0.15) is 0 Å². The number of nitrogens with zero attached hydrogens (tertiary/aromatic N) is 1. The predicted octanol–water partition coefficient (Wildman–Crippen LogP) is 5.52. The van der Waals surface area contributed by atoms with E-state index in [1.807, 2.05) is 24.3 Å². The third kappa shape index (κ3) is 5.73. The van der Waals surface area contributed by atoms with Crippen molar-refractivity contribution in [3.05, 3.63) is 53.0 Å². The minimum atomic E-state index is -0.624. The second-order valence-corrected chi connectivity index (χ2v) is 9.13. The molecule has 156 valence electrons. The van der Waals surface area contributed by atoms with Crippen LogP contribution in [0.2, 0.25) is 0 Å². The normalized spacial score (nSPS) is 11.3. The van der Waals surface area contributed by atoms with Crippen molar-refractivity contribution in [2.24, 2.45) is 0 Å². The van der Waals surface area contributed by atoms with Crippen LogP contribution in [0, 0.1) is 17.7 Å². The van der Waals surface area contributed by atoms with E-state index in [2.05, 4.69) is 25.1 Å². The van der Waals surface area contributed by atoms with Gasteiger partial charge in [-0.15, -0.1) is 11.3 Å². The van der Waals surface area contributed by atoms with Crippen LogP contribution >= 0.6 is 11.3 Å². The summed E-state index contributed by atoms with van der Waals surface area (Å²) in [5.74, 6) is -0.987. The van der Waals surface area contributed by atoms with Gasteiger partial charge in [0.05, 0.1) is 16.6 Å². The molecule has 0 aliphatic rings. The Labute approximate surface area is 179 Å². The summed E-state index contributed by atoms with van der Waals surface area (Å²) in [6.45, 7) is 7.33. The molecule has 0 unspecified atom stereocenters. The van der Waals surface area contributed by atoms with Gasteiger partial charge in [-0.1, -0.05) is 42.0 Å². The van der Waals surface area contributed by atoms with Crippen molar-refractivity contribution in [3.8, 4) is 11.1 Å². The summed E-state index contributed by atoms with van der Waals surface area (Å²) in [5.41, 5.74) is 3.59. The van der Waals surface area contributed by atoms with Gasteiger partial charge < -0.3 is 9.47 Å². The van der Waals surface area contributed by atoms with Crippen LogP contribution in [0.4, 0.5) is 0 Å². The van der Waals surface area contributed by atoms with E-state index in [9.17, 15) is 4.79 Å². The van der Waals surface area contributed by atoms with E-state index in [0.717, 1.165) is 26.4 Å². The predicted molar refractivity (Wildman–Crippen MR) is 120 cm³/mol. The maximum absolute atomic E-state index is 11.8. The molecule has 3 aromatic rings. The first-order valence-corrected chi connectivity index (χ1v) is 10.4. The lowest BCUT2D eigenvalue weighted by Gasteiger charge is -2.19. The van der Waals surface area contributed by atoms with Gasteiger partial charge in [-0.25, -0.2) is 4.98 Å². The first-order chi connectivity index (χ1) is 14.1. The van der Waals surface area contributed by atoms with Crippen LogP contribution < -0.4 is 0 Å². The van der Waals surface area contributed by atoms with Gasteiger partial charge in [0.1, 0.15) is 17.0 Å². The largest absolute Gasteiger partial charge is 0.460 e. The molecule has 0 saturated carbocycles. The van der Waals surface area contributed by atoms with E-state index >= 15 is 0 Å². The maximum atomic E-state index is 11.8. The summed E-state index contributed by atoms with van der Waals surface area (Å²) < 4.78 is 11.4. The van der Waals surface area contributed by atoms with Crippen molar-refractivity contribution >= 4 is 39.3 Å². The molecule has 30 heavy (non-hydrogen) atoms. The highest BCUT2D eigenvalue weighted by atomic mass is 32.1. The Bertz CT molecular complexity index is 1110. The zero-order valence-electron chi connectivity index (χ0n) is 17.5. The fraction of sp³-hybridized carbons (Fsp3) is 0.304. The van der Waals surface area contributed by atoms with Gasteiger partial charge in [0.2, 0.25) is 0 Å². The van der Waals surface area contributed by atoms with E-state index < -0.39 is 11.6 Å². The second kappa shape index (κ2) is 8.75. The number of para-hydroxylation sites is 1. The number of hydrogen-bond donors (Lipinski definition) is 2. The number of carbonyl (C=O) groups excluding carboxylic acids is 1. The molecule has 0 radical (unpaired) electrons. The highest BCUT2D eigenvalue weighted by molar-refractivity contribution is 7.18. The lowest BCUT2D eigenvalue weighted by Crippen LogP contribution is -2.26. The summed E-state index contributed by atoms with van der Waals surface area (Å²) in [5, 5.41) is 16.6. The number of aryl methyl sites for hydroxylation is 1. The third-order valence-corrected chi connectivity index (χ3v) is 5.10. The molecule has 3 rings (SSSR count). The topological polar surface area (TPSA) is 96.1 Å². The Morgan fingerprint density at radius 3 is 2.53 bits per heavy atom. The van der Waals surface area contributed by atoms with Gasteiger partial charge in [-0.3, -0.25) is 15.6 Å². The molecule has 0 saturated heterocycles. The van der Waals surface area contributed by atoms with Gasteiger partial charge in [0.25, 0.3) is 0 Å². The molecule has 0 bridgehead atoms. The monoisotopic (exact) mass is 423 g/mol. The second-order valence-electron chi connectivity index (χ2n) is 8.02. The van der Waals surface area contributed by atoms with Crippen molar-refractivity contribution in [2.45, 2.75) is 46.1 Å². The van der Waals surface area contributed by atoms with Crippen LogP contribution in [-0.4, -0.2) is 28.3 Å². The Morgan fingerprint density at radius 2 is 1.83 bits per heavy atom. The zero-order chi connectivity index (χ0) is 21.9. The molecule has 2 N–H and O–H groups in total. The Kier molecular flexibility index (Phi) is 6.31. The van der Waals surface area contributed by atoms with Gasteiger partial charge in [0.15, 0.2) is 11.8 Å². The first-order valence-electron chi connectivity index (χ1n) is 9.61. The number of rotatable bonds is 5. The molecule has 0 amide bonds. The van der Waals surface area contributed by atoms with Crippen LogP contribution in [0.15, 0.2) is 42.5 Å². The van der Waals surface area contributed by atoms with Gasteiger partial charge >= 0.3 is 5.97 Å². The molecule has 0 spiro atoms. The molecule has 2 aromatic carbocycles. The summed E-state index contributed by atoms with van der Waals surface area (Å²) >= 11 is 1.49. The van der Waals surface area contributed by atoms with Crippen LogP contribution in [0.3, 0.4) is 0 Å². The van der Waals surface area contributed by atoms with E-state index in [0.29, 0.717) is 0 Å². The number of fused-ring (bicyclic) bond motifs is 1. The molecule has 0 aliphatic carbocycles. The molecule has 1 aromatic heterocycles. The fourth-order valence-electron chi connectivity index (χ4n) is 2.98. The van der Waals surface area contributed by atoms with Crippen molar-refractivity contribution in [2.75, 3.05) is 0 Å². The Hall–Kier alpha value is -3.06. The first kappa shape index (κ1) is 21.6.